The van der Waals surface area contributed by atoms with Crippen molar-refractivity contribution in [2.45, 2.75) is 58.5 Å². The molecule has 118 valence electrons. The largest absolute Gasteiger partial charge is 0.327 e. The van der Waals surface area contributed by atoms with E-state index in [1.807, 2.05) is 0 Å². The third kappa shape index (κ3) is 3.96. The molecule has 0 aromatic heterocycles. The summed E-state index contributed by atoms with van der Waals surface area (Å²) in [5, 5.41) is 0. The lowest BCUT2D eigenvalue weighted by atomic mass is 9.72. The third-order valence-corrected chi connectivity index (χ3v) is 5.86. The molecule has 2 N–H and O–H groups in total. The van der Waals surface area contributed by atoms with Crippen LogP contribution < -0.4 is 5.73 Å². The number of nitrogens with zero attached hydrogens (tertiary/aromatic N) is 2. The van der Waals surface area contributed by atoms with E-state index < -0.39 is 0 Å². The normalized spacial score (nSPS) is 37.5. The van der Waals surface area contributed by atoms with Crippen LogP contribution in [0.2, 0.25) is 0 Å². The molecule has 2 fully saturated rings. The molecule has 0 bridgehead atoms. The molecule has 1 aliphatic carbocycles. The highest BCUT2D eigenvalue weighted by Crippen LogP contribution is 2.33. The van der Waals surface area contributed by atoms with E-state index in [9.17, 15) is 0 Å². The van der Waals surface area contributed by atoms with Gasteiger partial charge in [0.25, 0.3) is 0 Å². The summed E-state index contributed by atoms with van der Waals surface area (Å²) in [5.41, 5.74) is 6.45. The first-order chi connectivity index (χ1) is 9.51. The number of hydrogen-bond donors (Lipinski definition) is 1. The van der Waals surface area contributed by atoms with Crippen molar-refractivity contribution in [3.05, 3.63) is 0 Å². The molecule has 3 heteroatoms. The molecule has 1 saturated heterocycles. The van der Waals surface area contributed by atoms with Gasteiger partial charge in [-0.25, -0.2) is 0 Å². The van der Waals surface area contributed by atoms with Crippen LogP contribution in [-0.2, 0) is 0 Å². The molecule has 2 rings (SSSR count). The zero-order valence-electron chi connectivity index (χ0n) is 14.0. The number of piperidine rings is 1. The Kier molecular flexibility index (Phi) is 5.88. The van der Waals surface area contributed by atoms with Gasteiger partial charge in [-0.15, -0.1) is 0 Å². The van der Waals surface area contributed by atoms with Gasteiger partial charge in [0.2, 0.25) is 0 Å². The summed E-state index contributed by atoms with van der Waals surface area (Å²) in [6.45, 7) is 12.0. The fraction of sp³-hybridized carbons (Fsp3) is 1.00. The predicted molar refractivity (Wildman–Crippen MR) is 86.8 cm³/mol. The van der Waals surface area contributed by atoms with Gasteiger partial charge in [-0.3, -0.25) is 0 Å². The van der Waals surface area contributed by atoms with Crippen LogP contribution in [0, 0.1) is 17.8 Å². The van der Waals surface area contributed by atoms with E-state index in [1.165, 1.54) is 51.9 Å². The van der Waals surface area contributed by atoms with Crippen LogP contribution in [0.25, 0.3) is 0 Å². The van der Waals surface area contributed by atoms with E-state index in [0.717, 1.165) is 17.9 Å². The van der Waals surface area contributed by atoms with Gasteiger partial charge in [0.1, 0.15) is 0 Å². The molecule has 4 unspecified atom stereocenters. The minimum Gasteiger partial charge on any atom is -0.327 e. The molecule has 1 aliphatic heterocycles. The Balaban J connectivity index is 1.83. The highest BCUT2D eigenvalue weighted by atomic mass is 15.2. The minimum atomic E-state index is 0.409. The first kappa shape index (κ1) is 16.3. The maximum Gasteiger partial charge on any atom is 0.0117 e. The molecule has 20 heavy (non-hydrogen) atoms. The van der Waals surface area contributed by atoms with Gasteiger partial charge >= 0.3 is 0 Å². The van der Waals surface area contributed by atoms with E-state index in [2.05, 4.69) is 37.6 Å². The molecule has 0 radical (unpaired) electrons. The quantitative estimate of drug-likeness (QED) is 0.859. The lowest BCUT2D eigenvalue weighted by Crippen LogP contribution is -2.50. The third-order valence-electron chi connectivity index (χ3n) is 5.86. The Morgan fingerprint density at radius 1 is 1.15 bits per heavy atom. The summed E-state index contributed by atoms with van der Waals surface area (Å²) in [4.78, 5) is 5.19. The van der Waals surface area contributed by atoms with Crippen LogP contribution in [0.5, 0.6) is 0 Å². The van der Waals surface area contributed by atoms with Crippen molar-refractivity contribution in [3.8, 4) is 0 Å². The van der Waals surface area contributed by atoms with E-state index in [-0.39, 0.29) is 0 Å². The molecule has 4 atom stereocenters. The minimum absolute atomic E-state index is 0.409. The van der Waals surface area contributed by atoms with E-state index in [0.29, 0.717) is 12.0 Å². The lowest BCUT2D eigenvalue weighted by molar-refractivity contribution is 0.0795. The Labute approximate surface area is 125 Å². The van der Waals surface area contributed by atoms with Crippen LogP contribution in [-0.4, -0.2) is 55.1 Å². The average Bonchev–Trinajstić information content (AvgIpc) is 2.42. The standard InChI is InChI=1S/C17H35N3/c1-5-20-8-6-15(7-9-20)19(4)12-16-14(3)10-13(2)11-17(16)18/h13-17H,5-12,18H2,1-4H3. The molecule has 1 saturated carbocycles. The molecule has 0 aromatic carbocycles. The number of rotatable bonds is 4. The predicted octanol–water partition coefficient (Wildman–Crippen LogP) is 2.41. The molecule has 0 spiro atoms. The van der Waals surface area contributed by atoms with E-state index in [1.54, 1.807) is 0 Å². The zero-order chi connectivity index (χ0) is 14.7. The lowest BCUT2D eigenvalue weighted by Gasteiger charge is -2.43. The Morgan fingerprint density at radius 3 is 2.35 bits per heavy atom. The second-order valence-corrected chi connectivity index (χ2v) is 7.49. The first-order valence-electron chi connectivity index (χ1n) is 8.69. The Morgan fingerprint density at radius 2 is 1.80 bits per heavy atom. The van der Waals surface area contributed by atoms with Crippen molar-refractivity contribution < 1.29 is 0 Å². The Bertz CT molecular complexity index is 274. The van der Waals surface area contributed by atoms with Gasteiger partial charge in [0, 0.05) is 18.6 Å². The number of nitrogens with two attached hydrogens (primary N) is 1. The van der Waals surface area contributed by atoms with Crippen molar-refractivity contribution in [2.75, 3.05) is 33.2 Å². The van der Waals surface area contributed by atoms with Gasteiger partial charge in [0.15, 0.2) is 0 Å². The summed E-state index contributed by atoms with van der Waals surface area (Å²) < 4.78 is 0. The fourth-order valence-corrected chi connectivity index (χ4v) is 4.44. The summed E-state index contributed by atoms with van der Waals surface area (Å²) in [6, 6.07) is 1.18. The van der Waals surface area contributed by atoms with Crippen molar-refractivity contribution in [1.82, 2.24) is 9.80 Å². The SMILES string of the molecule is CCN1CCC(N(C)CC2C(C)CC(C)CC2N)CC1. The molecule has 0 amide bonds. The summed E-state index contributed by atoms with van der Waals surface area (Å²) in [6.07, 6.45) is 5.24. The smallest absolute Gasteiger partial charge is 0.0117 e. The molecule has 2 aliphatic rings. The van der Waals surface area contributed by atoms with Crippen LogP contribution in [0.4, 0.5) is 0 Å². The van der Waals surface area contributed by atoms with Crippen LogP contribution in [0.15, 0.2) is 0 Å². The van der Waals surface area contributed by atoms with Gasteiger partial charge < -0.3 is 15.5 Å². The molecule has 1 heterocycles. The van der Waals surface area contributed by atoms with Gasteiger partial charge in [-0.2, -0.15) is 0 Å². The maximum absolute atomic E-state index is 6.45. The van der Waals surface area contributed by atoms with Crippen LogP contribution >= 0.6 is 0 Å². The number of hydrogen-bond acceptors (Lipinski definition) is 3. The summed E-state index contributed by atoms with van der Waals surface area (Å²) >= 11 is 0. The second kappa shape index (κ2) is 7.24. The van der Waals surface area contributed by atoms with Gasteiger partial charge in [-0.1, -0.05) is 20.8 Å². The average molecular weight is 281 g/mol. The van der Waals surface area contributed by atoms with E-state index in [4.69, 9.17) is 5.73 Å². The fourth-order valence-electron chi connectivity index (χ4n) is 4.44. The molecule has 0 aromatic rings. The molecular weight excluding hydrogens is 246 g/mol. The van der Waals surface area contributed by atoms with Crippen molar-refractivity contribution >= 4 is 0 Å². The van der Waals surface area contributed by atoms with Gasteiger partial charge in [0.05, 0.1) is 0 Å². The molecular formula is C17H35N3. The van der Waals surface area contributed by atoms with Crippen LogP contribution in [0.1, 0.15) is 46.5 Å². The topological polar surface area (TPSA) is 32.5 Å². The highest BCUT2D eigenvalue weighted by molar-refractivity contribution is 4.88. The zero-order valence-corrected chi connectivity index (χ0v) is 14.0. The van der Waals surface area contributed by atoms with E-state index >= 15 is 0 Å². The van der Waals surface area contributed by atoms with Crippen molar-refractivity contribution in [2.24, 2.45) is 23.5 Å². The van der Waals surface area contributed by atoms with Crippen LogP contribution in [0.3, 0.4) is 0 Å². The first-order valence-corrected chi connectivity index (χ1v) is 8.69. The summed E-state index contributed by atoms with van der Waals surface area (Å²) in [5.74, 6) is 2.29. The monoisotopic (exact) mass is 281 g/mol. The summed E-state index contributed by atoms with van der Waals surface area (Å²) in [7, 11) is 2.32. The number of likely N-dealkylation sites (tertiary alicyclic amines) is 1. The highest BCUT2D eigenvalue weighted by Gasteiger charge is 2.33. The van der Waals surface area contributed by atoms with Crippen molar-refractivity contribution in [3.63, 3.8) is 0 Å². The maximum atomic E-state index is 6.45. The molecule has 3 nitrogen and oxygen atoms in total. The second-order valence-electron chi connectivity index (χ2n) is 7.49. The van der Waals surface area contributed by atoms with Crippen molar-refractivity contribution in [1.29, 1.82) is 0 Å². The van der Waals surface area contributed by atoms with Gasteiger partial charge in [-0.05, 0) is 70.1 Å². The Hall–Kier alpha value is -0.120.